The summed E-state index contributed by atoms with van der Waals surface area (Å²) in [4.78, 5) is 21.5. The summed E-state index contributed by atoms with van der Waals surface area (Å²) in [5, 5.41) is 0.562. The smallest absolute Gasteiger partial charge is 0.270 e. The topological polar surface area (TPSA) is 53.9 Å². The van der Waals surface area contributed by atoms with Crippen LogP contribution in [0.15, 0.2) is 24.7 Å². The van der Waals surface area contributed by atoms with Gasteiger partial charge in [0.05, 0.1) is 11.1 Å². The van der Waals surface area contributed by atoms with Gasteiger partial charge >= 0.3 is 0 Å². The predicted molar refractivity (Wildman–Crippen MR) is 76.9 cm³/mol. The molecule has 3 rings (SSSR count). The van der Waals surface area contributed by atoms with Crippen LogP contribution in [-0.4, -0.2) is 38.4 Å². The molecular formula is C14H17ClN4O. The van der Waals surface area contributed by atoms with E-state index in [9.17, 15) is 4.79 Å². The normalized spacial score (nSPS) is 19.3. The van der Waals surface area contributed by atoms with E-state index in [1.807, 2.05) is 18.0 Å². The number of aromatic nitrogens is 3. The summed E-state index contributed by atoms with van der Waals surface area (Å²) >= 11 is 5.86. The molecule has 1 fully saturated rings. The van der Waals surface area contributed by atoms with E-state index in [4.69, 9.17) is 11.6 Å². The van der Waals surface area contributed by atoms with E-state index < -0.39 is 0 Å². The van der Waals surface area contributed by atoms with E-state index in [0.717, 1.165) is 25.2 Å². The zero-order chi connectivity index (χ0) is 14.1. The van der Waals surface area contributed by atoms with Gasteiger partial charge in [-0.3, -0.25) is 4.79 Å². The Kier molecular flexibility index (Phi) is 3.53. The molecule has 1 aliphatic rings. The van der Waals surface area contributed by atoms with E-state index in [1.165, 1.54) is 0 Å². The highest BCUT2D eigenvalue weighted by Gasteiger charge is 2.26. The van der Waals surface area contributed by atoms with Crippen molar-refractivity contribution in [3.8, 4) is 0 Å². The van der Waals surface area contributed by atoms with Gasteiger partial charge in [0, 0.05) is 31.7 Å². The third kappa shape index (κ3) is 2.45. The van der Waals surface area contributed by atoms with Crippen molar-refractivity contribution in [2.75, 3.05) is 13.1 Å². The summed E-state index contributed by atoms with van der Waals surface area (Å²) < 4.78 is 2.15. The molecule has 1 aliphatic heterocycles. The second kappa shape index (κ2) is 5.32. The summed E-state index contributed by atoms with van der Waals surface area (Å²) in [5.74, 6) is 1.01. The number of carbonyl (C=O) groups excluding carboxylic acids is 1. The maximum Gasteiger partial charge on any atom is 0.270 e. The van der Waals surface area contributed by atoms with Crippen LogP contribution in [0, 0.1) is 6.92 Å². The van der Waals surface area contributed by atoms with Gasteiger partial charge in [-0.15, -0.1) is 0 Å². The molecule has 1 atom stereocenters. The molecule has 0 saturated carbocycles. The van der Waals surface area contributed by atoms with Gasteiger partial charge in [0.15, 0.2) is 0 Å². The number of nitrogens with one attached hydrogen (secondary N) is 1. The van der Waals surface area contributed by atoms with Crippen molar-refractivity contribution in [3.63, 3.8) is 0 Å². The Labute approximate surface area is 122 Å². The molecule has 0 spiro atoms. The molecule has 0 radical (unpaired) electrons. The van der Waals surface area contributed by atoms with Crippen LogP contribution in [0.4, 0.5) is 0 Å². The zero-order valence-corrected chi connectivity index (χ0v) is 12.1. The van der Waals surface area contributed by atoms with Crippen LogP contribution in [-0.2, 0) is 0 Å². The van der Waals surface area contributed by atoms with Crippen molar-refractivity contribution < 1.29 is 4.79 Å². The van der Waals surface area contributed by atoms with Crippen LogP contribution in [0.2, 0.25) is 5.02 Å². The second-order valence-electron chi connectivity index (χ2n) is 5.16. The number of hydrogen-bond acceptors (Lipinski definition) is 2. The molecule has 0 bridgehead atoms. The first-order chi connectivity index (χ1) is 9.65. The van der Waals surface area contributed by atoms with Crippen molar-refractivity contribution in [2.45, 2.75) is 25.8 Å². The molecule has 0 aromatic carbocycles. The highest BCUT2D eigenvalue weighted by atomic mass is 35.5. The Morgan fingerprint density at radius 3 is 3.05 bits per heavy atom. The van der Waals surface area contributed by atoms with Crippen molar-refractivity contribution in [3.05, 3.63) is 41.2 Å². The summed E-state index contributed by atoms with van der Waals surface area (Å²) in [6.07, 6.45) is 7.51. The van der Waals surface area contributed by atoms with Gasteiger partial charge in [-0.05, 0) is 25.8 Å². The predicted octanol–water partition coefficient (Wildman–Crippen LogP) is 2.65. The molecule has 0 aliphatic carbocycles. The lowest BCUT2D eigenvalue weighted by Gasteiger charge is -2.33. The molecule has 20 heavy (non-hydrogen) atoms. The number of carbonyl (C=O) groups is 1. The highest BCUT2D eigenvalue weighted by Crippen LogP contribution is 2.24. The largest absolute Gasteiger partial charge is 0.356 e. The molecule has 1 amide bonds. The maximum absolute atomic E-state index is 12.4. The van der Waals surface area contributed by atoms with Crippen LogP contribution in [0.5, 0.6) is 0 Å². The maximum atomic E-state index is 12.4. The molecular weight excluding hydrogens is 276 g/mol. The number of aryl methyl sites for hydroxylation is 1. The summed E-state index contributed by atoms with van der Waals surface area (Å²) in [6, 6.07) is 1.98. The lowest BCUT2D eigenvalue weighted by atomic mass is 10.0. The third-order valence-electron chi connectivity index (χ3n) is 3.82. The number of hydrogen-bond donors (Lipinski definition) is 1. The molecule has 2 aromatic rings. The number of halogens is 1. The van der Waals surface area contributed by atoms with Crippen LogP contribution < -0.4 is 0 Å². The van der Waals surface area contributed by atoms with Gasteiger partial charge in [-0.25, -0.2) is 4.98 Å². The fourth-order valence-corrected chi connectivity index (χ4v) is 2.97. The van der Waals surface area contributed by atoms with Crippen molar-refractivity contribution in [1.29, 1.82) is 0 Å². The quantitative estimate of drug-likeness (QED) is 0.925. The van der Waals surface area contributed by atoms with E-state index >= 15 is 0 Å². The lowest BCUT2D eigenvalue weighted by Crippen LogP contribution is -2.40. The Balaban J connectivity index is 1.75. The first-order valence-electron chi connectivity index (χ1n) is 6.78. The molecule has 106 valence electrons. The number of piperidine rings is 1. The monoisotopic (exact) mass is 292 g/mol. The highest BCUT2D eigenvalue weighted by molar-refractivity contribution is 6.30. The number of H-pyrrole nitrogens is 1. The van der Waals surface area contributed by atoms with Crippen LogP contribution >= 0.6 is 11.6 Å². The van der Waals surface area contributed by atoms with Gasteiger partial charge < -0.3 is 14.5 Å². The lowest BCUT2D eigenvalue weighted by molar-refractivity contribution is 0.0673. The Hall–Kier alpha value is -1.75. The van der Waals surface area contributed by atoms with Gasteiger partial charge in [0.25, 0.3) is 5.91 Å². The van der Waals surface area contributed by atoms with E-state index in [1.54, 1.807) is 18.5 Å². The molecule has 1 saturated heterocycles. The van der Waals surface area contributed by atoms with Crippen LogP contribution in [0.3, 0.4) is 0 Å². The average Bonchev–Trinajstić information content (AvgIpc) is 3.07. The number of rotatable bonds is 2. The minimum Gasteiger partial charge on any atom is -0.356 e. The van der Waals surface area contributed by atoms with E-state index in [-0.39, 0.29) is 5.91 Å². The molecule has 1 N–H and O–H groups in total. The van der Waals surface area contributed by atoms with Gasteiger partial charge in [0.2, 0.25) is 0 Å². The number of imidazole rings is 1. The van der Waals surface area contributed by atoms with E-state index in [2.05, 4.69) is 14.5 Å². The second-order valence-corrected chi connectivity index (χ2v) is 5.60. The number of amides is 1. The number of likely N-dealkylation sites (tertiary alicyclic amines) is 1. The minimum absolute atomic E-state index is 0.0133. The SMILES string of the molecule is Cc1nccn1[C@H]1CCCN(C(=O)c2cc(Cl)c[nH]2)C1. The number of aromatic amines is 1. The standard InChI is InChI=1S/C14H17ClN4O/c1-10-16-4-6-19(10)12-3-2-5-18(9-12)14(20)13-7-11(15)8-17-13/h4,6-8,12,17H,2-3,5,9H2,1H3/t12-/m0/s1. The zero-order valence-electron chi connectivity index (χ0n) is 11.3. The Morgan fingerprint density at radius 2 is 2.40 bits per heavy atom. The summed E-state index contributed by atoms with van der Waals surface area (Å²) in [7, 11) is 0. The van der Waals surface area contributed by atoms with Crippen LogP contribution in [0.25, 0.3) is 0 Å². The average molecular weight is 293 g/mol. The van der Waals surface area contributed by atoms with Crippen molar-refractivity contribution >= 4 is 17.5 Å². The Bertz CT molecular complexity index is 618. The van der Waals surface area contributed by atoms with Crippen LogP contribution in [0.1, 0.15) is 35.2 Å². The minimum atomic E-state index is 0.0133. The number of nitrogens with zero attached hydrogens (tertiary/aromatic N) is 3. The summed E-state index contributed by atoms with van der Waals surface area (Å²) in [6.45, 7) is 3.50. The van der Waals surface area contributed by atoms with Crippen molar-refractivity contribution in [2.24, 2.45) is 0 Å². The molecule has 6 heteroatoms. The fourth-order valence-electron chi connectivity index (χ4n) is 2.80. The molecule has 3 heterocycles. The first kappa shape index (κ1) is 13.2. The summed E-state index contributed by atoms with van der Waals surface area (Å²) in [5.41, 5.74) is 0.554. The van der Waals surface area contributed by atoms with E-state index in [0.29, 0.717) is 23.3 Å². The van der Waals surface area contributed by atoms with Crippen molar-refractivity contribution in [1.82, 2.24) is 19.4 Å². The molecule has 0 unspecified atom stereocenters. The fraction of sp³-hybridized carbons (Fsp3) is 0.429. The van der Waals surface area contributed by atoms with Gasteiger partial charge in [0.1, 0.15) is 11.5 Å². The molecule has 5 nitrogen and oxygen atoms in total. The Morgan fingerprint density at radius 1 is 1.55 bits per heavy atom. The van der Waals surface area contributed by atoms with Gasteiger partial charge in [-0.1, -0.05) is 11.6 Å². The first-order valence-corrected chi connectivity index (χ1v) is 7.15. The molecule has 2 aromatic heterocycles. The van der Waals surface area contributed by atoms with Gasteiger partial charge in [-0.2, -0.15) is 0 Å². The third-order valence-corrected chi connectivity index (χ3v) is 4.04.